The number of imidazole rings is 1. The van der Waals surface area contributed by atoms with Crippen LogP contribution in [0, 0.1) is 6.92 Å². The fourth-order valence-corrected chi connectivity index (χ4v) is 4.14. The summed E-state index contributed by atoms with van der Waals surface area (Å²) in [6, 6.07) is 16.8. The van der Waals surface area contributed by atoms with Crippen molar-refractivity contribution in [2.24, 2.45) is 0 Å². The molecule has 1 atom stereocenters. The van der Waals surface area contributed by atoms with Crippen molar-refractivity contribution in [3.05, 3.63) is 89.5 Å². The van der Waals surface area contributed by atoms with E-state index in [0.29, 0.717) is 5.92 Å². The summed E-state index contributed by atoms with van der Waals surface area (Å²) in [6.45, 7) is 2.88. The molecule has 0 bridgehead atoms. The van der Waals surface area contributed by atoms with Gasteiger partial charge in [0, 0.05) is 19.2 Å². The molecule has 2 aromatic carbocycles. The Labute approximate surface area is 181 Å². The highest BCUT2D eigenvalue weighted by Crippen LogP contribution is 2.29. The molecule has 1 aliphatic rings. The van der Waals surface area contributed by atoms with Crippen molar-refractivity contribution in [1.82, 2.24) is 24.3 Å². The highest BCUT2D eigenvalue weighted by atomic mass is 16.5. The van der Waals surface area contributed by atoms with Crippen molar-refractivity contribution in [3.63, 3.8) is 0 Å². The van der Waals surface area contributed by atoms with Gasteiger partial charge < -0.3 is 9.30 Å². The Bertz CT molecular complexity index is 1220. The van der Waals surface area contributed by atoms with Gasteiger partial charge in [-0.25, -0.2) is 14.6 Å². The minimum Gasteiger partial charge on any atom is -0.495 e. The summed E-state index contributed by atoms with van der Waals surface area (Å²) in [5, 5.41) is 4.68. The van der Waals surface area contributed by atoms with Gasteiger partial charge in [0.05, 0.1) is 24.8 Å². The maximum Gasteiger partial charge on any atom is 0.174 e. The zero-order valence-electron chi connectivity index (χ0n) is 17.8. The Morgan fingerprint density at radius 3 is 2.74 bits per heavy atom. The summed E-state index contributed by atoms with van der Waals surface area (Å²) in [5.74, 6) is 3.11. The Kier molecular flexibility index (Phi) is 5.12. The summed E-state index contributed by atoms with van der Waals surface area (Å²) in [4.78, 5) is 9.07. The third-order valence-corrected chi connectivity index (χ3v) is 5.77. The van der Waals surface area contributed by atoms with Crippen molar-refractivity contribution in [2.45, 2.75) is 32.2 Å². The average molecular weight is 412 g/mol. The molecule has 0 fully saturated rings. The lowest BCUT2D eigenvalue weighted by Crippen LogP contribution is -2.19. The van der Waals surface area contributed by atoms with Crippen LogP contribution in [0.2, 0.25) is 0 Å². The van der Waals surface area contributed by atoms with Crippen molar-refractivity contribution >= 4 is 12.2 Å². The number of fused-ring (bicyclic) bond motifs is 1. The molecular formula is C25H25N5O. The van der Waals surface area contributed by atoms with E-state index in [4.69, 9.17) is 9.72 Å². The first kappa shape index (κ1) is 19.3. The highest BCUT2D eigenvalue weighted by molar-refractivity contribution is 5.69. The number of ether oxygens (including phenoxy) is 1. The Hall–Kier alpha value is -3.67. The standard InChI is InChI=1S/C25H25N5O/c1-18-16-29(17-26-18)22-10-8-19(14-23(22)31-2)9-11-24-27-25-15-21(12-13-30(25)28-24)20-6-4-3-5-7-20/h3-11,14,16-17,21H,12-13,15H2,1-2H3/b11-9+/t21-/m1/s1. The number of aromatic nitrogens is 5. The van der Waals surface area contributed by atoms with Crippen LogP contribution < -0.4 is 4.74 Å². The van der Waals surface area contributed by atoms with E-state index in [1.807, 2.05) is 46.7 Å². The van der Waals surface area contributed by atoms with Crippen LogP contribution >= 0.6 is 0 Å². The Balaban J connectivity index is 1.34. The number of methoxy groups -OCH3 is 1. The minimum atomic E-state index is 0.512. The molecular weight excluding hydrogens is 386 g/mol. The summed E-state index contributed by atoms with van der Waals surface area (Å²) in [7, 11) is 1.68. The van der Waals surface area contributed by atoms with Gasteiger partial charge in [0.1, 0.15) is 11.6 Å². The number of benzene rings is 2. The molecule has 0 amide bonds. The van der Waals surface area contributed by atoms with Crippen molar-refractivity contribution in [3.8, 4) is 11.4 Å². The SMILES string of the molecule is COc1cc(/C=C/c2nc3n(n2)CC[C@@H](c2ccccc2)C3)ccc1-n1cnc(C)c1. The van der Waals surface area contributed by atoms with E-state index in [2.05, 4.69) is 46.5 Å². The van der Waals surface area contributed by atoms with Crippen LogP contribution in [0.3, 0.4) is 0 Å². The number of nitrogens with zero attached hydrogens (tertiary/aromatic N) is 5. The number of hydrogen-bond acceptors (Lipinski definition) is 4. The van der Waals surface area contributed by atoms with E-state index in [1.54, 1.807) is 13.4 Å². The van der Waals surface area contributed by atoms with E-state index in [9.17, 15) is 0 Å². The maximum atomic E-state index is 5.60. The van der Waals surface area contributed by atoms with Gasteiger partial charge in [0.2, 0.25) is 0 Å². The predicted octanol–water partition coefficient (Wildman–Crippen LogP) is 4.68. The summed E-state index contributed by atoms with van der Waals surface area (Å²) in [5.41, 5.74) is 4.35. The third-order valence-electron chi connectivity index (χ3n) is 5.77. The fourth-order valence-electron chi connectivity index (χ4n) is 4.14. The van der Waals surface area contributed by atoms with Crippen LogP contribution in [0.5, 0.6) is 5.75 Å². The number of rotatable bonds is 5. The van der Waals surface area contributed by atoms with Gasteiger partial charge in [-0.15, -0.1) is 0 Å². The first-order valence-electron chi connectivity index (χ1n) is 10.6. The second-order valence-electron chi connectivity index (χ2n) is 7.90. The molecule has 156 valence electrons. The molecule has 1 aliphatic heterocycles. The maximum absolute atomic E-state index is 5.60. The highest BCUT2D eigenvalue weighted by Gasteiger charge is 2.22. The quantitative estimate of drug-likeness (QED) is 0.478. The van der Waals surface area contributed by atoms with Crippen LogP contribution in [-0.2, 0) is 13.0 Å². The molecule has 0 unspecified atom stereocenters. The molecule has 0 saturated heterocycles. The van der Waals surface area contributed by atoms with Crippen molar-refractivity contribution in [2.75, 3.05) is 7.11 Å². The molecule has 5 rings (SSSR count). The second kappa shape index (κ2) is 8.22. The zero-order valence-corrected chi connectivity index (χ0v) is 17.8. The topological polar surface area (TPSA) is 57.8 Å². The van der Waals surface area contributed by atoms with Crippen LogP contribution in [0.1, 0.15) is 40.8 Å². The first-order chi connectivity index (χ1) is 15.2. The smallest absolute Gasteiger partial charge is 0.174 e. The average Bonchev–Trinajstić information content (AvgIpc) is 3.43. The van der Waals surface area contributed by atoms with E-state index in [1.165, 1.54) is 5.56 Å². The van der Waals surface area contributed by atoms with Gasteiger partial charge in [-0.3, -0.25) is 0 Å². The van der Waals surface area contributed by atoms with Crippen molar-refractivity contribution in [1.29, 1.82) is 0 Å². The van der Waals surface area contributed by atoms with Crippen LogP contribution in [0.4, 0.5) is 0 Å². The van der Waals surface area contributed by atoms with Gasteiger partial charge in [-0.2, -0.15) is 5.10 Å². The first-order valence-corrected chi connectivity index (χ1v) is 10.6. The van der Waals surface area contributed by atoms with Gasteiger partial charge >= 0.3 is 0 Å². The van der Waals surface area contributed by atoms with Crippen molar-refractivity contribution < 1.29 is 4.74 Å². The van der Waals surface area contributed by atoms with Crippen LogP contribution in [0.15, 0.2) is 61.1 Å². The summed E-state index contributed by atoms with van der Waals surface area (Å²) < 4.78 is 9.62. The molecule has 0 saturated carbocycles. The molecule has 6 heteroatoms. The van der Waals surface area contributed by atoms with Gasteiger partial charge in [-0.05, 0) is 48.6 Å². The van der Waals surface area contributed by atoms with E-state index in [-0.39, 0.29) is 0 Å². The molecule has 0 radical (unpaired) electrons. The monoisotopic (exact) mass is 411 g/mol. The normalized spacial score (nSPS) is 15.9. The lowest BCUT2D eigenvalue weighted by Gasteiger charge is -2.22. The largest absolute Gasteiger partial charge is 0.495 e. The fraction of sp³-hybridized carbons (Fsp3) is 0.240. The van der Waals surface area contributed by atoms with Crippen LogP contribution in [0.25, 0.3) is 17.8 Å². The predicted molar refractivity (Wildman–Crippen MR) is 121 cm³/mol. The number of aryl methyl sites for hydroxylation is 2. The Morgan fingerprint density at radius 1 is 1.10 bits per heavy atom. The Morgan fingerprint density at radius 2 is 1.97 bits per heavy atom. The summed E-state index contributed by atoms with van der Waals surface area (Å²) >= 11 is 0. The number of hydrogen-bond donors (Lipinski definition) is 0. The summed E-state index contributed by atoms with van der Waals surface area (Å²) in [6.07, 6.45) is 9.80. The third kappa shape index (κ3) is 4.01. The lowest BCUT2D eigenvalue weighted by molar-refractivity contribution is 0.413. The molecule has 0 aliphatic carbocycles. The van der Waals surface area contributed by atoms with E-state index in [0.717, 1.165) is 53.7 Å². The van der Waals surface area contributed by atoms with E-state index < -0.39 is 0 Å². The van der Waals surface area contributed by atoms with Gasteiger partial charge in [0.25, 0.3) is 0 Å². The van der Waals surface area contributed by atoms with Gasteiger partial charge in [-0.1, -0.05) is 42.5 Å². The molecule has 4 aromatic rings. The molecule has 3 heterocycles. The van der Waals surface area contributed by atoms with E-state index >= 15 is 0 Å². The molecule has 0 N–H and O–H groups in total. The molecule has 2 aromatic heterocycles. The van der Waals surface area contributed by atoms with Crippen LogP contribution in [-0.4, -0.2) is 31.4 Å². The van der Waals surface area contributed by atoms with Gasteiger partial charge in [0.15, 0.2) is 5.82 Å². The molecule has 31 heavy (non-hydrogen) atoms. The molecule has 0 spiro atoms. The lowest BCUT2D eigenvalue weighted by atomic mass is 9.90. The molecule has 6 nitrogen and oxygen atoms in total. The minimum absolute atomic E-state index is 0.512. The second-order valence-corrected chi connectivity index (χ2v) is 7.90. The zero-order chi connectivity index (χ0) is 21.2.